The Morgan fingerprint density at radius 1 is 1.44 bits per heavy atom. The lowest BCUT2D eigenvalue weighted by atomic mass is 9.81. The van der Waals surface area contributed by atoms with Crippen LogP contribution in [0.15, 0.2) is 17.5 Å². The predicted octanol–water partition coefficient (Wildman–Crippen LogP) is 2.59. The van der Waals surface area contributed by atoms with Gasteiger partial charge in [-0.1, -0.05) is 19.9 Å². The van der Waals surface area contributed by atoms with E-state index in [1.54, 1.807) is 11.3 Å². The van der Waals surface area contributed by atoms with Gasteiger partial charge in [-0.15, -0.1) is 23.7 Å². The molecule has 1 aromatic rings. The third-order valence-corrected chi connectivity index (χ3v) is 4.40. The Labute approximate surface area is 120 Å². The average Bonchev–Trinajstić information content (AvgIpc) is 2.85. The van der Waals surface area contributed by atoms with E-state index in [0.29, 0.717) is 13.1 Å². The zero-order valence-corrected chi connectivity index (χ0v) is 12.7. The van der Waals surface area contributed by atoms with Crippen molar-refractivity contribution in [3.05, 3.63) is 22.4 Å². The van der Waals surface area contributed by atoms with E-state index in [2.05, 4.69) is 16.8 Å². The molecule has 0 fully saturated rings. The maximum Gasteiger partial charge on any atom is 0.227 e. The van der Waals surface area contributed by atoms with E-state index in [4.69, 9.17) is 5.73 Å². The van der Waals surface area contributed by atoms with Crippen molar-refractivity contribution in [3.63, 3.8) is 0 Å². The topological polar surface area (TPSA) is 55.1 Å². The van der Waals surface area contributed by atoms with E-state index < -0.39 is 0 Å². The van der Waals surface area contributed by atoms with Crippen LogP contribution in [0.2, 0.25) is 0 Å². The Morgan fingerprint density at radius 2 is 2.11 bits per heavy atom. The molecule has 104 valence electrons. The van der Waals surface area contributed by atoms with E-state index in [9.17, 15) is 4.79 Å². The summed E-state index contributed by atoms with van der Waals surface area (Å²) in [5.41, 5.74) is 5.36. The Hall–Kier alpha value is -0.580. The molecule has 0 unspecified atom stereocenters. The summed E-state index contributed by atoms with van der Waals surface area (Å²) < 4.78 is 0. The van der Waals surface area contributed by atoms with Crippen molar-refractivity contribution in [3.8, 4) is 0 Å². The molecule has 0 aliphatic carbocycles. The average molecular weight is 291 g/mol. The normalized spacial score (nSPS) is 10.8. The molecule has 0 saturated heterocycles. The van der Waals surface area contributed by atoms with E-state index in [0.717, 1.165) is 19.3 Å². The summed E-state index contributed by atoms with van der Waals surface area (Å²) in [6.45, 7) is 5.16. The number of amides is 1. The lowest BCUT2D eigenvalue weighted by Gasteiger charge is -2.28. The van der Waals surface area contributed by atoms with Gasteiger partial charge in [-0.05, 0) is 30.7 Å². The number of nitrogens with one attached hydrogen (secondary N) is 1. The van der Waals surface area contributed by atoms with Crippen LogP contribution < -0.4 is 11.1 Å². The van der Waals surface area contributed by atoms with Gasteiger partial charge in [0.15, 0.2) is 0 Å². The quantitative estimate of drug-likeness (QED) is 0.811. The van der Waals surface area contributed by atoms with Crippen LogP contribution in [0.25, 0.3) is 0 Å². The van der Waals surface area contributed by atoms with Gasteiger partial charge in [-0.2, -0.15) is 0 Å². The summed E-state index contributed by atoms with van der Waals surface area (Å²) in [7, 11) is 0. The number of thiophene rings is 1. The summed E-state index contributed by atoms with van der Waals surface area (Å²) in [5.74, 6) is 0.0987. The van der Waals surface area contributed by atoms with Gasteiger partial charge in [0.25, 0.3) is 0 Å². The fourth-order valence-electron chi connectivity index (χ4n) is 1.89. The molecule has 0 saturated carbocycles. The number of carbonyl (C=O) groups is 1. The van der Waals surface area contributed by atoms with Crippen LogP contribution >= 0.6 is 23.7 Å². The van der Waals surface area contributed by atoms with E-state index in [1.165, 1.54) is 4.88 Å². The summed E-state index contributed by atoms with van der Waals surface area (Å²) in [5, 5.41) is 5.06. The van der Waals surface area contributed by atoms with Crippen molar-refractivity contribution in [1.82, 2.24) is 5.32 Å². The minimum atomic E-state index is -0.380. The number of carbonyl (C=O) groups excluding carboxylic acids is 1. The number of rotatable bonds is 7. The molecule has 1 rings (SSSR count). The van der Waals surface area contributed by atoms with Crippen molar-refractivity contribution < 1.29 is 4.79 Å². The zero-order valence-electron chi connectivity index (χ0n) is 11.1. The van der Waals surface area contributed by atoms with Crippen molar-refractivity contribution in [1.29, 1.82) is 0 Å². The first-order valence-corrected chi connectivity index (χ1v) is 7.07. The monoisotopic (exact) mass is 290 g/mol. The van der Waals surface area contributed by atoms with E-state index >= 15 is 0 Å². The second kappa shape index (κ2) is 8.51. The summed E-state index contributed by atoms with van der Waals surface area (Å²) in [6, 6.07) is 4.12. The molecule has 1 heterocycles. The van der Waals surface area contributed by atoms with Crippen LogP contribution in [0.1, 0.15) is 31.6 Å². The first-order valence-electron chi connectivity index (χ1n) is 6.19. The molecule has 0 aliphatic heterocycles. The van der Waals surface area contributed by atoms with Crippen LogP contribution in [-0.2, 0) is 11.2 Å². The highest BCUT2D eigenvalue weighted by molar-refractivity contribution is 7.09. The summed E-state index contributed by atoms with van der Waals surface area (Å²) in [4.78, 5) is 13.4. The maximum atomic E-state index is 12.1. The molecule has 3 N–H and O–H groups in total. The van der Waals surface area contributed by atoms with Crippen molar-refractivity contribution in [2.45, 2.75) is 33.1 Å². The van der Waals surface area contributed by atoms with Crippen LogP contribution in [-0.4, -0.2) is 19.0 Å². The molecule has 0 radical (unpaired) electrons. The first kappa shape index (κ1) is 17.4. The number of hydrogen-bond acceptors (Lipinski definition) is 3. The molecule has 1 amide bonds. The molecule has 18 heavy (non-hydrogen) atoms. The highest BCUT2D eigenvalue weighted by Crippen LogP contribution is 2.24. The molecule has 0 aromatic carbocycles. The molecular weight excluding hydrogens is 268 g/mol. The molecule has 5 heteroatoms. The number of hydrogen-bond donors (Lipinski definition) is 2. The molecule has 0 bridgehead atoms. The van der Waals surface area contributed by atoms with E-state index in [1.807, 2.05) is 19.9 Å². The van der Waals surface area contributed by atoms with Crippen LogP contribution in [0.3, 0.4) is 0 Å². The first-order chi connectivity index (χ1) is 8.18. The van der Waals surface area contributed by atoms with Gasteiger partial charge >= 0.3 is 0 Å². The minimum Gasteiger partial charge on any atom is -0.355 e. The maximum absolute atomic E-state index is 12.1. The third kappa shape index (κ3) is 4.26. The van der Waals surface area contributed by atoms with Gasteiger partial charge in [0.05, 0.1) is 5.41 Å². The highest BCUT2D eigenvalue weighted by atomic mass is 35.5. The lowest BCUT2D eigenvalue weighted by molar-refractivity contribution is -0.130. The molecule has 1 aromatic heterocycles. The second-order valence-corrected chi connectivity index (χ2v) is 5.31. The molecule has 0 spiro atoms. The number of nitrogens with two attached hydrogens (primary N) is 1. The van der Waals surface area contributed by atoms with Gasteiger partial charge in [-0.25, -0.2) is 0 Å². The summed E-state index contributed by atoms with van der Waals surface area (Å²) >= 11 is 1.72. The van der Waals surface area contributed by atoms with Gasteiger partial charge in [0.2, 0.25) is 5.91 Å². The third-order valence-electron chi connectivity index (χ3n) is 3.46. The van der Waals surface area contributed by atoms with E-state index in [-0.39, 0.29) is 23.7 Å². The smallest absolute Gasteiger partial charge is 0.227 e. The van der Waals surface area contributed by atoms with Crippen LogP contribution in [0.4, 0.5) is 0 Å². The van der Waals surface area contributed by atoms with Crippen molar-refractivity contribution in [2.24, 2.45) is 11.1 Å². The molecule has 3 nitrogen and oxygen atoms in total. The Kier molecular flexibility index (Phi) is 8.24. The fraction of sp³-hybridized carbons (Fsp3) is 0.615. The van der Waals surface area contributed by atoms with Crippen LogP contribution in [0, 0.1) is 5.41 Å². The molecule has 0 aliphatic rings. The second-order valence-electron chi connectivity index (χ2n) is 4.28. The zero-order chi connectivity index (χ0) is 12.7. The SMILES string of the molecule is CCC(CC)(CN)C(=O)NCCc1cccs1.Cl. The van der Waals surface area contributed by atoms with Gasteiger partial charge in [0, 0.05) is 18.0 Å². The number of halogens is 1. The standard InChI is InChI=1S/C13H22N2OS.ClH/c1-3-13(4-2,10-14)12(16)15-8-7-11-6-5-9-17-11;/h5-6,9H,3-4,7-8,10,14H2,1-2H3,(H,15,16);1H. The van der Waals surface area contributed by atoms with Gasteiger partial charge in [0.1, 0.15) is 0 Å². The highest BCUT2D eigenvalue weighted by Gasteiger charge is 2.32. The largest absolute Gasteiger partial charge is 0.355 e. The predicted molar refractivity (Wildman–Crippen MR) is 80.4 cm³/mol. The minimum absolute atomic E-state index is 0. The Bertz CT molecular complexity index is 329. The molecular formula is C13H23ClN2OS. The van der Waals surface area contributed by atoms with Crippen molar-refractivity contribution >= 4 is 29.7 Å². The fourth-order valence-corrected chi connectivity index (χ4v) is 2.60. The molecule has 0 atom stereocenters. The summed E-state index contributed by atoms with van der Waals surface area (Å²) in [6.07, 6.45) is 2.49. The van der Waals surface area contributed by atoms with Gasteiger partial charge < -0.3 is 11.1 Å². The Morgan fingerprint density at radius 3 is 2.56 bits per heavy atom. The van der Waals surface area contributed by atoms with Crippen molar-refractivity contribution in [2.75, 3.05) is 13.1 Å². The van der Waals surface area contributed by atoms with Crippen LogP contribution in [0.5, 0.6) is 0 Å². The lowest BCUT2D eigenvalue weighted by Crippen LogP contribution is -2.45. The Balaban J connectivity index is 0.00000289. The van der Waals surface area contributed by atoms with Gasteiger partial charge in [-0.3, -0.25) is 4.79 Å².